The van der Waals surface area contributed by atoms with Gasteiger partial charge in [-0.05, 0) is 138 Å². The van der Waals surface area contributed by atoms with Crippen LogP contribution in [0.25, 0.3) is 93.6 Å². The summed E-state index contributed by atoms with van der Waals surface area (Å²) in [6.45, 7) is 0. The number of allylic oxidation sites excluding steroid dienone is 2. The van der Waals surface area contributed by atoms with Crippen LogP contribution in [-0.4, -0.2) is 10.6 Å². The largest absolute Gasteiger partial charge is 0.456 e. The number of para-hydroxylation sites is 3. The van der Waals surface area contributed by atoms with Crippen LogP contribution in [-0.2, 0) is 0 Å². The molecule has 5 nitrogen and oxygen atoms in total. The van der Waals surface area contributed by atoms with Crippen molar-refractivity contribution in [1.29, 1.82) is 0 Å². The van der Waals surface area contributed by atoms with Gasteiger partial charge in [-0.1, -0.05) is 146 Å². The molecule has 0 saturated heterocycles. The average molecular weight is 912 g/mol. The van der Waals surface area contributed by atoms with Crippen LogP contribution in [0, 0.1) is 0 Å². The molecule has 3 heterocycles. The molecular formula is C66H45N3O2. The Morgan fingerprint density at radius 2 is 0.972 bits per heavy atom. The van der Waals surface area contributed by atoms with Gasteiger partial charge in [0.15, 0.2) is 0 Å². The Hall–Kier alpha value is -9.32. The predicted molar refractivity (Wildman–Crippen MR) is 296 cm³/mol. The van der Waals surface area contributed by atoms with Crippen LogP contribution in [0.4, 0.5) is 28.4 Å². The number of anilines is 5. The van der Waals surface area contributed by atoms with Gasteiger partial charge in [0.2, 0.25) is 0 Å². The zero-order valence-corrected chi connectivity index (χ0v) is 38.7. The first-order chi connectivity index (χ1) is 35.2. The van der Waals surface area contributed by atoms with E-state index in [0.29, 0.717) is 0 Å². The van der Waals surface area contributed by atoms with Gasteiger partial charge < -0.3 is 23.2 Å². The van der Waals surface area contributed by atoms with Crippen LogP contribution in [0.15, 0.2) is 264 Å². The topological polar surface area (TPSA) is 37.7 Å². The minimum absolute atomic E-state index is 0.109. The first-order valence-corrected chi connectivity index (χ1v) is 24.3. The van der Waals surface area contributed by atoms with Crippen molar-refractivity contribution < 1.29 is 8.83 Å². The normalized spacial score (nSPS) is 13.6. The number of nitrogens with zero attached hydrogens (tertiary/aromatic N) is 3. The highest BCUT2D eigenvalue weighted by Gasteiger charge is 2.24. The number of hydrogen-bond donors (Lipinski definition) is 0. The Morgan fingerprint density at radius 1 is 0.380 bits per heavy atom. The lowest BCUT2D eigenvalue weighted by Gasteiger charge is -2.33. The van der Waals surface area contributed by atoms with Gasteiger partial charge in [0.05, 0.1) is 22.5 Å². The monoisotopic (exact) mass is 911 g/mol. The van der Waals surface area contributed by atoms with E-state index in [1.807, 2.05) is 18.2 Å². The summed E-state index contributed by atoms with van der Waals surface area (Å²) in [5, 5.41) is 6.74. The van der Waals surface area contributed by atoms with Crippen LogP contribution < -0.4 is 9.80 Å². The molecule has 1 aliphatic carbocycles. The quantitative estimate of drug-likeness (QED) is 0.145. The third-order valence-electron chi connectivity index (χ3n) is 14.3. The molecule has 13 aromatic rings. The van der Waals surface area contributed by atoms with E-state index in [2.05, 4.69) is 251 Å². The van der Waals surface area contributed by atoms with Gasteiger partial charge >= 0.3 is 0 Å². The maximum absolute atomic E-state index is 6.69. The standard InChI is InChI=1S/C66H45N3O2/c1-4-15-44(16-5-1)45-27-31-50(32-28-45)67(53-36-40-64-59(42-53)56-24-11-12-25-62(56)70-64)51-33-29-46(30-34-51)47-17-14-22-52(41-47)68(48-18-6-2-7-19-48)54-35-37-58-61(43-54)69(49-20-8-3-9-21-49)60-39-38-57-55-23-10-13-26-63(55)71-66(57)65(58)60/h1-18,20-43,48H,19H2. The van der Waals surface area contributed by atoms with E-state index in [1.165, 1.54) is 11.1 Å². The Morgan fingerprint density at radius 3 is 1.72 bits per heavy atom. The van der Waals surface area contributed by atoms with Gasteiger partial charge in [-0.3, -0.25) is 0 Å². The van der Waals surface area contributed by atoms with E-state index in [0.717, 1.165) is 117 Å². The summed E-state index contributed by atoms with van der Waals surface area (Å²) < 4.78 is 15.3. The molecule has 14 rings (SSSR count). The summed E-state index contributed by atoms with van der Waals surface area (Å²) in [4.78, 5) is 4.84. The van der Waals surface area contributed by atoms with Gasteiger partial charge in [-0.2, -0.15) is 0 Å². The third-order valence-corrected chi connectivity index (χ3v) is 14.3. The second kappa shape index (κ2) is 16.7. The fraction of sp³-hybridized carbons (Fsp3) is 0.0303. The second-order valence-corrected chi connectivity index (χ2v) is 18.4. The lowest BCUT2D eigenvalue weighted by Crippen LogP contribution is -2.29. The molecule has 71 heavy (non-hydrogen) atoms. The minimum Gasteiger partial charge on any atom is -0.456 e. The lowest BCUT2D eigenvalue weighted by molar-refractivity contribution is 0.669. The van der Waals surface area contributed by atoms with Crippen LogP contribution in [0.5, 0.6) is 0 Å². The third kappa shape index (κ3) is 6.93. The van der Waals surface area contributed by atoms with E-state index in [9.17, 15) is 0 Å². The first-order valence-electron chi connectivity index (χ1n) is 24.3. The van der Waals surface area contributed by atoms with Gasteiger partial charge in [-0.15, -0.1) is 0 Å². The summed E-state index contributed by atoms with van der Waals surface area (Å²) in [7, 11) is 0. The van der Waals surface area contributed by atoms with E-state index in [4.69, 9.17) is 8.83 Å². The molecule has 0 fully saturated rings. The molecule has 0 N–H and O–H groups in total. The number of fused-ring (bicyclic) bond motifs is 10. The number of benzene rings is 10. The van der Waals surface area contributed by atoms with Crippen LogP contribution in [0.1, 0.15) is 6.42 Å². The van der Waals surface area contributed by atoms with Crippen molar-refractivity contribution in [3.8, 4) is 27.9 Å². The molecule has 0 amide bonds. The first kappa shape index (κ1) is 40.7. The van der Waals surface area contributed by atoms with Crippen LogP contribution in [0.2, 0.25) is 0 Å². The van der Waals surface area contributed by atoms with Crippen LogP contribution >= 0.6 is 0 Å². The maximum atomic E-state index is 6.69. The number of rotatable bonds is 9. The zero-order chi connectivity index (χ0) is 46.8. The van der Waals surface area contributed by atoms with Gasteiger partial charge in [-0.25, -0.2) is 0 Å². The van der Waals surface area contributed by atoms with Crippen molar-refractivity contribution in [2.75, 3.05) is 9.80 Å². The summed E-state index contributed by atoms with van der Waals surface area (Å²) in [6.07, 6.45) is 9.80. The minimum atomic E-state index is 0.109. The van der Waals surface area contributed by atoms with Crippen molar-refractivity contribution in [3.05, 3.63) is 255 Å². The molecule has 0 spiro atoms. The second-order valence-electron chi connectivity index (χ2n) is 18.4. The number of hydrogen-bond acceptors (Lipinski definition) is 4. The smallest absolute Gasteiger partial charge is 0.145 e. The molecule has 0 bridgehead atoms. The number of furan rings is 2. The van der Waals surface area contributed by atoms with Crippen molar-refractivity contribution >= 4 is 94.1 Å². The molecule has 10 aromatic carbocycles. The van der Waals surface area contributed by atoms with E-state index in [1.54, 1.807) is 0 Å². The fourth-order valence-electron chi connectivity index (χ4n) is 10.9. The van der Waals surface area contributed by atoms with Gasteiger partial charge in [0.1, 0.15) is 22.3 Å². The van der Waals surface area contributed by atoms with Gasteiger partial charge in [0.25, 0.3) is 0 Å². The van der Waals surface area contributed by atoms with E-state index < -0.39 is 0 Å². The fourth-order valence-corrected chi connectivity index (χ4v) is 10.9. The number of aromatic nitrogens is 1. The molecule has 0 saturated carbocycles. The molecule has 1 atom stereocenters. The molecule has 0 aliphatic heterocycles. The molecule has 1 aliphatic rings. The predicted octanol–water partition coefficient (Wildman–Crippen LogP) is 18.4. The van der Waals surface area contributed by atoms with Crippen molar-refractivity contribution in [2.24, 2.45) is 0 Å². The molecule has 1 unspecified atom stereocenters. The summed E-state index contributed by atoms with van der Waals surface area (Å²) in [5.74, 6) is 0. The van der Waals surface area contributed by atoms with Gasteiger partial charge in [0, 0.05) is 61.1 Å². The average Bonchev–Trinajstić information content (AvgIpc) is 4.12. The highest BCUT2D eigenvalue weighted by atomic mass is 16.3. The Balaban J connectivity index is 0.869. The van der Waals surface area contributed by atoms with E-state index in [-0.39, 0.29) is 6.04 Å². The molecular weight excluding hydrogens is 867 g/mol. The molecule has 0 radical (unpaired) electrons. The van der Waals surface area contributed by atoms with Crippen molar-refractivity contribution in [2.45, 2.75) is 12.5 Å². The van der Waals surface area contributed by atoms with Crippen molar-refractivity contribution in [1.82, 2.24) is 4.57 Å². The zero-order valence-electron chi connectivity index (χ0n) is 38.7. The summed E-state index contributed by atoms with van der Waals surface area (Å²) in [6, 6.07) is 82.8. The SMILES string of the molecule is C1=CCC(N(c2cccc(-c3ccc(N(c4ccc(-c5ccccc5)cc4)c4ccc5oc6ccccc6c5c4)cc3)c2)c2ccc3c4c5oc6ccccc6c5ccc4n(-c4ccccc4)c3c2)C=C1. The Bertz CT molecular complexity index is 4200. The highest BCUT2D eigenvalue weighted by molar-refractivity contribution is 6.24. The lowest BCUT2D eigenvalue weighted by atomic mass is 10.0. The summed E-state index contributed by atoms with van der Waals surface area (Å²) in [5.41, 5.74) is 17.0. The van der Waals surface area contributed by atoms with Crippen molar-refractivity contribution in [3.63, 3.8) is 0 Å². The Labute approximate surface area is 410 Å². The highest BCUT2D eigenvalue weighted by Crippen LogP contribution is 2.44. The summed E-state index contributed by atoms with van der Waals surface area (Å²) >= 11 is 0. The van der Waals surface area contributed by atoms with E-state index >= 15 is 0 Å². The molecule has 3 aromatic heterocycles. The maximum Gasteiger partial charge on any atom is 0.145 e. The Kier molecular flexibility index (Phi) is 9.59. The van der Waals surface area contributed by atoms with Crippen LogP contribution in [0.3, 0.4) is 0 Å². The molecule has 5 heteroatoms. The molecule has 336 valence electrons.